The predicted octanol–water partition coefficient (Wildman–Crippen LogP) is 2.47. The van der Waals surface area contributed by atoms with Gasteiger partial charge in [0.05, 0.1) is 0 Å². The van der Waals surface area contributed by atoms with Gasteiger partial charge < -0.3 is 10.2 Å². The van der Waals surface area contributed by atoms with Crippen molar-refractivity contribution >= 4 is 11.8 Å². The number of hydrogen-bond acceptors (Lipinski definition) is 2. The topological polar surface area (TPSA) is 49.4 Å². The lowest BCUT2D eigenvalue weighted by Gasteiger charge is -2.35. The first kappa shape index (κ1) is 14.9. The van der Waals surface area contributed by atoms with Gasteiger partial charge >= 0.3 is 0 Å². The summed E-state index contributed by atoms with van der Waals surface area (Å²) in [6, 6.07) is 0.101. The summed E-state index contributed by atoms with van der Waals surface area (Å²) < 4.78 is 0. The molecule has 0 aromatic heterocycles. The van der Waals surface area contributed by atoms with Crippen molar-refractivity contribution in [2.24, 2.45) is 11.8 Å². The van der Waals surface area contributed by atoms with E-state index in [4.69, 9.17) is 0 Å². The van der Waals surface area contributed by atoms with E-state index >= 15 is 0 Å². The number of nitrogens with one attached hydrogen (secondary N) is 1. The van der Waals surface area contributed by atoms with Gasteiger partial charge in [-0.1, -0.05) is 32.6 Å². The van der Waals surface area contributed by atoms with Crippen LogP contribution in [0.25, 0.3) is 0 Å². The van der Waals surface area contributed by atoms with Crippen LogP contribution in [-0.4, -0.2) is 35.3 Å². The van der Waals surface area contributed by atoms with Gasteiger partial charge in [0.2, 0.25) is 11.8 Å². The van der Waals surface area contributed by atoms with Crippen LogP contribution in [0.3, 0.4) is 0 Å². The van der Waals surface area contributed by atoms with Gasteiger partial charge in [0.1, 0.15) is 6.04 Å². The van der Waals surface area contributed by atoms with E-state index in [2.05, 4.69) is 17.1 Å². The zero-order valence-corrected chi connectivity index (χ0v) is 13.1. The van der Waals surface area contributed by atoms with Crippen molar-refractivity contribution in [1.29, 1.82) is 0 Å². The van der Waals surface area contributed by atoms with Crippen LogP contribution in [0.4, 0.5) is 0 Å². The second-order valence-corrected chi connectivity index (χ2v) is 7.20. The zero-order valence-electron chi connectivity index (χ0n) is 13.1. The maximum absolute atomic E-state index is 13.0. The number of rotatable bonds is 2. The SMILES string of the molecule is CC1CCCC1N1CCC(=O)NC(C2CCCCC2)C1=O. The molecule has 2 saturated carbocycles. The van der Waals surface area contributed by atoms with E-state index < -0.39 is 0 Å². The van der Waals surface area contributed by atoms with Crippen LogP contribution in [0.5, 0.6) is 0 Å². The van der Waals surface area contributed by atoms with Crippen LogP contribution in [-0.2, 0) is 9.59 Å². The van der Waals surface area contributed by atoms with Crippen molar-refractivity contribution in [2.75, 3.05) is 6.54 Å². The molecule has 1 saturated heterocycles. The molecule has 4 nitrogen and oxygen atoms in total. The zero-order chi connectivity index (χ0) is 14.8. The lowest BCUT2D eigenvalue weighted by atomic mass is 9.83. The van der Waals surface area contributed by atoms with Crippen LogP contribution in [0, 0.1) is 11.8 Å². The minimum absolute atomic E-state index is 0.0621. The summed E-state index contributed by atoms with van der Waals surface area (Å²) >= 11 is 0. The molecule has 0 bridgehead atoms. The van der Waals surface area contributed by atoms with Crippen LogP contribution in [0.1, 0.15) is 64.7 Å². The lowest BCUT2D eigenvalue weighted by molar-refractivity contribution is -0.138. The van der Waals surface area contributed by atoms with Crippen molar-refractivity contribution < 1.29 is 9.59 Å². The molecule has 2 amide bonds. The molecule has 0 aromatic carbocycles. The summed E-state index contributed by atoms with van der Waals surface area (Å²) in [5, 5.41) is 3.04. The quantitative estimate of drug-likeness (QED) is 0.850. The molecule has 0 radical (unpaired) electrons. The van der Waals surface area contributed by atoms with Crippen molar-refractivity contribution in [2.45, 2.75) is 76.8 Å². The highest BCUT2D eigenvalue weighted by Crippen LogP contribution is 2.33. The Labute approximate surface area is 127 Å². The lowest BCUT2D eigenvalue weighted by Crippen LogP contribution is -2.52. The third kappa shape index (κ3) is 3.09. The number of amides is 2. The summed E-state index contributed by atoms with van der Waals surface area (Å²) in [5.74, 6) is 1.19. The van der Waals surface area contributed by atoms with Gasteiger partial charge in [-0.2, -0.15) is 0 Å². The van der Waals surface area contributed by atoms with Crippen molar-refractivity contribution in [3.8, 4) is 0 Å². The molecule has 4 heteroatoms. The van der Waals surface area contributed by atoms with E-state index in [1.807, 2.05) is 0 Å². The highest BCUT2D eigenvalue weighted by Gasteiger charge is 2.40. The van der Waals surface area contributed by atoms with Crippen LogP contribution in [0.15, 0.2) is 0 Å². The summed E-state index contributed by atoms with van der Waals surface area (Å²) in [4.78, 5) is 27.1. The molecule has 3 atom stereocenters. The molecule has 21 heavy (non-hydrogen) atoms. The molecule has 3 unspecified atom stereocenters. The van der Waals surface area contributed by atoms with Crippen LogP contribution >= 0.6 is 0 Å². The molecule has 1 aliphatic heterocycles. The van der Waals surface area contributed by atoms with Crippen LogP contribution < -0.4 is 5.32 Å². The van der Waals surface area contributed by atoms with Gasteiger partial charge in [0.25, 0.3) is 0 Å². The fourth-order valence-corrected chi connectivity index (χ4v) is 4.52. The van der Waals surface area contributed by atoms with Crippen LogP contribution in [0.2, 0.25) is 0 Å². The average molecular weight is 292 g/mol. The summed E-state index contributed by atoms with van der Waals surface area (Å²) in [5.41, 5.74) is 0. The molecule has 3 rings (SSSR count). The Morgan fingerprint density at radius 3 is 2.43 bits per heavy atom. The Hall–Kier alpha value is -1.06. The fraction of sp³-hybridized carbons (Fsp3) is 0.882. The van der Waals surface area contributed by atoms with Gasteiger partial charge in [0.15, 0.2) is 0 Å². The van der Waals surface area contributed by atoms with E-state index in [0.29, 0.717) is 30.8 Å². The van der Waals surface area contributed by atoms with E-state index in [9.17, 15) is 9.59 Å². The third-order valence-electron chi connectivity index (χ3n) is 5.78. The maximum Gasteiger partial charge on any atom is 0.245 e. The molecular weight excluding hydrogens is 264 g/mol. The predicted molar refractivity (Wildman–Crippen MR) is 81.6 cm³/mol. The molecule has 1 heterocycles. The smallest absolute Gasteiger partial charge is 0.245 e. The van der Waals surface area contributed by atoms with Crippen molar-refractivity contribution in [3.63, 3.8) is 0 Å². The highest BCUT2D eigenvalue weighted by atomic mass is 16.2. The van der Waals surface area contributed by atoms with Gasteiger partial charge in [-0.05, 0) is 37.5 Å². The molecular formula is C17H28N2O2. The first-order valence-corrected chi connectivity index (χ1v) is 8.76. The number of carbonyl (C=O) groups is 2. The van der Waals surface area contributed by atoms with E-state index in [0.717, 1.165) is 19.3 Å². The Morgan fingerprint density at radius 1 is 1.00 bits per heavy atom. The number of hydrogen-bond donors (Lipinski definition) is 1. The summed E-state index contributed by atoms with van der Waals surface area (Å²) in [7, 11) is 0. The Morgan fingerprint density at radius 2 is 1.76 bits per heavy atom. The molecule has 2 aliphatic carbocycles. The normalized spacial score (nSPS) is 35.7. The minimum Gasteiger partial charge on any atom is -0.344 e. The Kier molecular flexibility index (Phi) is 4.51. The molecule has 0 aromatic rings. The molecule has 0 spiro atoms. The molecule has 3 fully saturated rings. The van der Waals surface area contributed by atoms with Gasteiger partial charge in [-0.15, -0.1) is 0 Å². The van der Waals surface area contributed by atoms with E-state index in [1.165, 1.54) is 32.1 Å². The summed E-state index contributed by atoms with van der Waals surface area (Å²) in [6.07, 6.45) is 9.85. The van der Waals surface area contributed by atoms with Gasteiger partial charge in [-0.3, -0.25) is 9.59 Å². The number of nitrogens with zero attached hydrogens (tertiary/aromatic N) is 1. The third-order valence-corrected chi connectivity index (χ3v) is 5.78. The van der Waals surface area contributed by atoms with E-state index in [-0.39, 0.29) is 17.9 Å². The second kappa shape index (κ2) is 6.37. The average Bonchev–Trinajstić information content (AvgIpc) is 2.85. The monoisotopic (exact) mass is 292 g/mol. The standard InChI is InChI=1S/C17H28N2O2/c1-12-6-5-9-14(12)19-11-10-15(20)18-16(17(19)21)13-7-3-2-4-8-13/h12-14,16H,2-11H2,1H3,(H,18,20). The minimum atomic E-state index is -0.256. The summed E-state index contributed by atoms with van der Waals surface area (Å²) in [6.45, 7) is 2.86. The fourth-order valence-electron chi connectivity index (χ4n) is 4.52. The molecule has 1 N–H and O–H groups in total. The molecule has 118 valence electrons. The first-order chi connectivity index (χ1) is 10.2. The van der Waals surface area contributed by atoms with Gasteiger partial charge in [0, 0.05) is 19.0 Å². The maximum atomic E-state index is 13.0. The number of carbonyl (C=O) groups excluding carboxylic acids is 2. The van der Waals surface area contributed by atoms with Crippen molar-refractivity contribution in [3.05, 3.63) is 0 Å². The largest absolute Gasteiger partial charge is 0.344 e. The first-order valence-electron chi connectivity index (χ1n) is 8.76. The van der Waals surface area contributed by atoms with Crippen molar-refractivity contribution in [1.82, 2.24) is 10.2 Å². The van der Waals surface area contributed by atoms with Gasteiger partial charge in [-0.25, -0.2) is 0 Å². The highest BCUT2D eigenvalue weighted by molar-refractivity contribution is 5.90. The Bertz CT molecular complexity index is 404. The van der Waals surface area contributed by atoms with E-state index in [1.54, 1.807) is 0 Å². The Balaban J connectivity index is 1.78. The second-order valence-electron chi connectivity index (χ2n) is 7.20. The molecule has 3 aliphatic rings.